The van der Waals surface area contributed by atoms with Crippen LogP contribution in [0, 0.1) is 18.8 Å². The van der Waals surface area contributed by atoms with Gasteiger partial charge in [0.05, 0.1) is 0 Å². The van der Waals surface area contributed by atoms with Crippen LogP contribution in [0.1, 0.15) is 6.92 Å². The van der Waals surface area contributed by atoms with Crippen molar-refractivity contribution in [1.82, 2.24) is 0 Å². The molecule has 6 heavy (non-hydrogen) atoms. The fourth-order valence-electron chi connectivity index (χ4n) is 0. The summed E-state index contributed by atoms with van der Waals surface area (Å²) in [6, 6.07) is 0. The van der Waals surface area contributed by atoms with Crippen LogP contribution in [0.25, 0.3) is 0 Å². The maximum Gasteiger partial charge on any atom is 2.00 e. The van der Waals surface area contributed by atoms with Crippen molar-refractivity contribution in [1.29, 1.82) is 0 Å². The monoisotopic (exact) mass is 156 g/mol. The van der Waals surface area contributed by atoms with Crippen LogP contribution in [-0.2, 0) is 0 Å². The van der Waals surface area contributed by atoms with Crippen molar-refractivity contribution in [3.63, 3.8) is 0 Å². The second kappa shape index (κ2) is 17.3. The summed E-state index contributed by atoms with van der Waals surface area (Å²) < 4.78 is 0. The fraction of sp³-hybridized carbons (Fsp3) is 0.250. The van der Waals surface area contributed by atoms with Gasteiger partial charge in [0.2, 0.25) is 0 Å². The molecule has 0 aliphatic carbocycles. The third-order valence-electron chi connectivity index (χ3n) is 0.167. The van der Waals surface area contributed by atoms with Gasteiger partial charge in [-0.1, -0.05) is 0 Å². The smallest absolute Gasteiger partial charge is 1.00 e. The third-order valence-corrected chi connectivity index (χ3v) is 0.167. The Kier molecular flexibility index (Phi) is 46.0. The molecule has 30 valence electrons. The second-order valence-electron chi connectivity index (χ2n) is 0.455. The molecule has 0 saturated heterocycles. The molecule has 0 aliphatic rings. The maximum atomic E-state index is 4.72. The van der Waals surface area contributed by atoms with Crippen molar-refractivity contribution >= 4 is 23.1 Å². The van der Waals surface area contributed by atoms with Gasteiger partial charge in [0, 0.05) is 0 Å². The van der Waals surface area contributed by atoms with Crippen LogP contribution in [0.3, 0.4) is 0 Å². The van der Waals surface area contributed by atoms with Crippen LogP contribution in [0.2, 0.25) is 0 Å². The molecule has 0 aliphatic heterocycles. The summed E-state index contributed by atoms with van der Waals surface area (Å²) in [6.07, 6.45) is 6.38. The molecule has 0 unspecified atom stereocenters. The molecule has 0 N–H and O–H groups in total. The van der Waals surface area contributed by atoms with Gasteiger partial charge in [-0.05, 0) is 0 Å². The second-order valence-corrected chi connectivity index (χ2v) is 0.455. The Morgan fingerprint density at radius 2 is 1.83 bits per heavy atom. The summed E-state index contributed by atoms with van der Waals surface area (Å²) >= 11 is 0. The summed E-state index contributed by atoms with van der Waals surface area (Å²) in [7, 11) is 0. The van der Waals surface area contributed by atoms with Crippen molar-refractivity contribution in [2.75, 3.05) is 0 Å². The summed E-state index contributed by atoms with van der Waals surface area (Å²) in [6.45, 7) is 1.82. The van der Waals surface area contributed by atoms with Crippen LogP contribution >= 0.6 is 0 Å². The Morgan fingerprint density at radius 3 is 1.83 bits per heavy atom. The molecule has 2 heteroatoms. The zero-order chi connectivity index (χ0) is 3.41. The van der Waals surface area contributed by atoms with Crippen LogP contribution in [0.4, 0.5) is 0 Å². The maximum absolute atomic E-state index is 4.72. The first-order valence-corrected chi connectivity index (χ1v) is 1.15. The molecule has 0 atom stereocenters. The minimum Gasteiger partial charge on any atom is -1.00 e. The van der Waals surface area contributed by atoms with E-state index in [1.54, 1.807) is 6.42 Å². The molecule has 0 nitrogen and oxygen atoms in total. The van der Waals surface area contributed by atoms with Crippen LogP contribution in [0.5, 0.6) is 0 Å². The molecule has 0 spiro atoms. The van der Waals surface area contributed by atoms with E-state index < -0.39 is 0 Å². The molecule has 0 bridgehead atoms. The molecule has 0 saturated carbocycles. The zero-order valence-electron chi connectivity index (χ0n) is 3.74. The fourth-order valence-corrected chi connectivity index (χ4v) is 0. The molecule has 0 aromatic carbocycles. The topological polar surface area (TPSA) is 0 Å². The molecular weight excluding hydrogens is 152 g/mol. The van der Waals surface area contributed by atoms with Crippen molar-refractivity contribution in [2.45, 2.75) is 6.92 Å². The largest absolute Gasteiger partial charge is 2.00 e. The Morgan fingerprint density at radius 1 is 1.67 bits per heavy atom. The quantitative estimate of drug-likeness (QED) is 0.207. The molecule has 0 amide bonds. The van der Waals surface area contributed by atoms with E-state index in [9.17, 15) is 0 Å². The standard InChI is InChI=1S/C4H5.BrH.Mg/c1-3-4-2;;/h1,4H,2H3;1H;/q-1;;+2/p-1. The van der Waals surface area contributed by atoms with Gasteiger partial charge in [-0.15, -0.1) is 6.92 Å². The SMILES string of the molecule is C#C[CH-]C.[Br-].[Mg+2]. The first-order valence-electron chi connectivity index (χ1n) is 1.15. The van der Waals surface area contributed by atoms with Crippen molar-refractivity contribution in [2.24, 2.45) is 0 Å². The van der Waals surface area contributed by atoms with Crippen molar-refractivity contribution < 1.29 is 17.0 Å². The van der Waals surface area contributed by atoms with Gasteiger partial charge in [0.1, 0.15) is 0 Å². The number of terminal acetylenes is 1. The van der Waals surface area contributed by atoms with E-state index in [2.05, 4.69) is 5.92 Å². The molecule has 0 radical (unpaired) electrons. The first kappa shape index (κ1) is 15.9. The van der Waals surface area contributed by atoms with Crippen molar-refractivity contribution in [3.05, 3.63) is 6.42 Å². The van der Waals surface area contributed by atoms with Crippen LogP contribution < -0.4 is 17.0 Å². The number of hydrogen-bond acceptors (Lipinski definition) is 0. The van der Waals surface area contributed by atoms with E-state index in [1.165, 1.54) is 0 Å². The van der Waals surface area contributed by atoms with E-state index in [-0.39, 0.29) is 40.0 Å². The van der Waals surface area contributed by atoms with Gasteiger partial charge in [-0.2, -0.15) is 6.42 Å². The summed E-state index contributed by atoms with van der Waals surface area (Å²) in [5.74, 6) is 2.31. The summed E-state index contributed by atoms with van der Waals surface area (Å²) in [5, 5.41) is 0. The minimum atomic E-state index is 0. The predicted octanol–water partition coefficient (Wildman–Crippen LogP) is -2.53. The Hall–Kier alpha value is 0.676. The van der Waals surface area contributed by atoms with Gasteiger partial charge >= 0.3 is 23.1 Å². The molecular formula is C4H5BrMg. The van der Waals surface area contributed by atoms with Crippen LogP contribution in [-0.4, -0.2) is 23.1 Å². The molecule has 0 aromatic heterocycles. The van der Waals surface area contributed by atoms with E-state index in [4.69, 9.17) is 6.42 Å². The normalized spacial score (nSPS) is 2.67. The third kappa shape index (κ3) is 22.5. The van der Waals surface area contributed by atoms with E-state index in [1.807, 2.05) is 6.92 Å². The van der Waals surface area contributed by atoms with Gasteiger partial charge in [-0.25, -0.2) is 0 Å². The van der Waals surface area contributed by atoms with Gasteiger partial charge in [0.25, 0.3) is 0 Å². The van der Waals surface area contributed by atoms with Crippen LogP contribution in [0.15, 0.2) is 0 Å². The van der Waals surface area contributed by atoms with Crippen molar-refractivity contribution in [3.8, 4) is 12.3 Å². The Labute approximate surface area is 65.6 Å². The molecule has 0 heterocycles. The molecule has 0 aromatic rings. The summed E-state index contributed by atoms with van der Waals surface area (Å²) in [5.41, 5.74) is 0. The summed E-state index contributed by atoms with van der Waals surface area (Å²) in [4.78, 5) is 0. The van der Waals surface area contributed by atoms with E-state index in [0.29, 0.717) is 0 Å². The average Bonchev–Trinajstić information content (AvgIpc) is 1.37. The first-order chi connectivity index (χ1) is 1.91. The zero-order valence-corrected chi connectivity index (χ0v) is 6.74. The molecule has 0 fully saturated rings. The van der Waals surface area contributed by atoms with E-state index >= 15 is 0 Å². The number of rotatable bonds is 0. The Bertz CT molecular complexity index is 37.3. The number of halogens is 1. The van der Waals surface area contributed by atoms with E-state index in [0.717, 1.165) is 0 Å². The number of hydrogen-bond donors (Lipinski definition) is 0. The molecule has 0 rings (SSSR count). The van der Waals surface area contributed by atoms with Gasteiger partial charge < -0.3 is 23.4 Å². The van der Waals surface area contributed by atoms with Gasteiger partial charge in [-0.3, -0.25) is 5.92 Å². The van der Waals surface area contributed by atoms with Gasteiger partial charge in [0.15, 0.2) is 0 Å². The Balaban J connectivity index is -0.0000000450. The minimum absolute atomic E-state index is 0. The average molecular weight is 157 g/mol. The predicted molar refractivity (Wildman–Crippen MR) is 24.6 cm³/mol.